The quantitative estimate of drug-likeness (QED) is 0.765. The number of nitrogens with one attached hydrogen (secondary N) is 1. The van der Waals surface area contributed by atoms with Gasteiger partial charge in [0.15, 0.2) is 0 Å². The molecule has 0 saturated carbocycles. The zero-order valence-corrected chi connectivity index (χ0v) is 11.7. The van der Waals surface area contributed by atoms with E-state index in [1.165, 1.54) is 0 Å². The lowest BCUT2D eigenvalue weighted by Crippen LogP contribution is -2.35. The topological polar surface area (TPSA) is 49.0 Å². The highest BCUT2D eigenvalue weighted by Gasteiger charge is 2.18. The minimum absolute atomic E-state index is 0.189. The minimum Gasteiger partial charge on any atom is -0.469 e. The van der Waals surface area contributed by atoms with Gasteiger partial charge in [-0.3, -0.25) is 0 Å². The Labute approximate surface area is 110 Å². The van der Waals surface area contributed by atoms with E-state index in [9.17, 15) is 0 Å². The lowest BCUT2D eigenvalue weighted by Gasteiger charge is -2.26. The predicted octanol–water partition coefficient (Wildman–Crippen LogP) is 3.52. The normalized spacial score (nSPS) is 13.2. The van der Waals surface area contributed by atoms with Gasteiger partial charge in [-0.05, 0) is 37.3 Å². The first-order valence-corrected chi connectivity index (χ1v) is 6.66. The second kappa shape index (κ2) is 7.23. The van der Waals surface area contributed by atoms with E-state index in [4.69, 9.17) is 9.68 Å². The molecule has 0 aliphatic carbocycles. The Morgan fingerprint density at radius 3 is 2.89 bits per heavy atom. The Morgan fingerprint density at radius 1 is 1.50 bits per heavy atom. The summed E-state index contributed by atoms with van der Waals surface area (Å²) in [5.74, 6) is 1.05. The van der Waals surface area contributed by atoms with Crippen molar-refractivity contribution in [1.82, 2.24) is 5.32 Å². The number of hydrogen-bond donors (Lipinski definition) is 1. The summed E-state index contributed by atoms with van der Waals surface area (Å²) in [5, 5.41) is 12.2. The highest BCUT2D eigenvalue weighted by molar-refractivity contribution is 4.98. The molecule has 1 N–H and O–H groups in total. The molecule has 1 unspecified atom stereocenters. The van der Waals surface area contributed by atoms with Crippen LogP contribution >= 0.6 is 0 Å². The predicted molar refractivity (Wildman–Crippen MR) is 73.1 cm³/mol. The van der Waals surface area contributed by atoms with Gasteiger partial charge in [-0.1, -0.05) is 13.8 Å². The molecule has 18 heavy (non-hydrogen) atoms. The molecule has 0 spiro atoms. The summed E-state index contributed by atoms with van der Waals surface area (Å²) in [6.07, 6.45) is 5.34. The summed E-state index contributed by atoms with van der Waals surface area (Å²) in [7, 11) is 0. The maximum absolute atomic E-state index is 8.62. The van der Waals surface area contributed by atoms with Crippen LogP contribution in [0.3, 0.4) is 0 Å². The first-order valence-electron chi connectivity index (χ1n) is 6.66. The Kier molecular flexibility index (Phi) is 5.94. The summed E-state index contributed by atoms with van der Waals surface area (Å²) >= 11 is 0. The van der Waals surface area contributed by atoms with Crippen LogP contribution in [0.2, 0.25) is 0 Å². The van der Waals surface area contributed by atoms with Crippen molar-refractivity contribution in [2.24, 2.45) is 5.41 Å². The van der Waals surface area contributed by atoms with Gasteiger partial charge in [-0.2, -0.15) is 5.26 Å². The Morgan fingerprint density at radius 2 is 2.28 bits per heavy atom. The monoisotopic (exact) mass is 248 g/mol. The molecule has 0 fully saturated rings. The molecule has 0 radical (unpaired) electrons. The van der Waals surface area contributed by atoms with Crippen LogP contribution in [-0.2, 0) is 6.42 Å². The maximum Gasteiger partial charge on any atom is 0.103 e. The van der Waals surface area contributed by atoms with Crippen molar-refractivity contribution < 1.29 is 4.42 Å². The van der Waals surface area contributed by atoms with E-state index in [0.717, 1.165) is 31.6 Å². The van der Waals surface area contributed by atoms with Crippen molar-refractivity contribution in [2.75, 3.05) is 6.54 Å². The Hall–Kier alpha value is -1.27. The van der Waals surface area contributed by atoms with Crippen molar-refractivity contribution in [3.8, 4) is 6.07 Å². The van der Waals surface area contributed by atoms with Gasteiger partial charge in [0, 0.05) is 25.4 Å². The molecule has 0 aromatic carbocycles. The summed E-state index contributed by atoms with van der Waals surface area (Å²) < 4.78 is 5.32. The van der Waals surface area contributed by atoms with Gasteiger partial charge in [-0.25, -0.2) is 0 Å². The number of hydrogen-bond acceptors (Lipinski definition) is 3. The number of nitriles is 1. The molecule has 1 aromatic heterocycles. The van der Waals surface area contributed by atoms with Crippen molar-refractivity contribution in [1.29, 1.82) is 5.26 Å². The molecule has 0 aliphatic rings. The molecule has 0 aliphatic heterocycles. The van der Waals surface area contributed by atoms with Gasteiger partial charge in [0.2, 0.25) is 0 Å². The van der Waals surface area contributed by atoms with Crippen LogP contribution in [0.1, 0.15) is 45.8 Å². The summed E-state index contributed by atoms with van der Waals surface area (Å²) in [6.45, 7) is 7.56. The van der Waals surface area contributed by atoms with Crippen LogP contribution in [0.25, 0.3) is 0 Å². The zero-order valence-electron chi connectivity index (χ0n) is 11.7. The largest absolute Gasteiger partial charge is 0.469 e. The van der Waals surface area contributed by atoms with Crippen molar-refractivity contribution in [3.05, 3.63) is 24.2 Å². The van der Waals surface area contributed by atoms with Gasteiger partial charge in [0.05, 0.1) is 12.3 Å². The molecule has 1 rings (SSSR count). The van der Waals surface area contributed by atoms with E-state index in [2.05, 4.69) is 32.2 Å². The molecular weight excluding hydrogens is 224 g/mol. The fourth-order valence-electron chi connectivity index (χ4n) is 1.85. The number of furan rings is 1. The molecule has 100 valence electrons. The lowest BCUT2D eigenvalue weighted by molar-refractivity contribution is 0.298. The third kappa shape index (κ3) is 5.88. The van der Waals surface area contributed by atoms with E-state index >= 15 is 0 Å². The van der Waals surface area contributed by atoms with E-state index in [1.54, 1.807) is 6.26 Å². The van der Waals surface area contributed by atoms with Crippen LogP contribution < -0.4 is 5.32 Å². The second-order valence-electron chi connectivity index (χ2n) is 5.72. The molecule has 0 bridgehead atoms. The first-order chi connectivity index (χ1) is 8.53. The molecule has 1 heterocycles. The fourth-order valence-corrected chi connectivity index (χ4v) is 1.85. The van der Waals surface area contributed by atoms with Gasteiger partial charge in [-0.15, -0.1) is 0 Å². The van der Waals surface area contributed by atoms with Gasteiger partial charge < -0.3 is 9.73 Å². The van der Waals surface area contributed by atoms with Crippen LogP contribution in [0, 0.1) is 16.7 Å². The summed E-state index contributed by atoms with van der Waals surface area (Å²) in [6, 6.07) is 6.63. The van der Waals surface area contributed by atoms with E-state index in [0.29, 0.717) is 12.5 Å². The van der Waals surface area contributed by atoms with Crippen molar-refractivity contribution in [2.45, 2.75) is 52.5 Å². The smallest absolute Gasteiger partial charge is 0.103 e. The average Bonchev–Trinajstić information content (AvgIpc) is 2.84. The van der Waals surface area contributed by atoms with E-state index in [-0.39, 0.29) is 5.41 Å². The number of nitrogens with zero attached hydrogens (tertiary/aromatic N) is 1. The van der Waals surface area contributed by atoms with Crippen LogP contribution in [0.15, 0.2) is 22.8 Å². The van der Waals surface area contributed by atoms with E-state index in [1.807, 2.05) is 12.1 Å². The first kappa shape index (κ1) is 14.8. The van der Waals surface area contributed by atoms with Crippen molar-refractivity contribution in [3.63, 3.8) is 0 Å². The zero-order chi connectivity index (χ0) is 13.4. The lowest BCUT2D eigenvalue weighted by atomic mass is 9.87. The molecular formula is C15H24N2O. The average molecular weight is 248 g/mol. The Balaban J connectivity index is 2.20. The van der Waals surface area contributed by atoms with Crippen LogP contribution in [-0.4, -0.2) is 12.6 Å². The molecule has 1 aromatic rings. The molecule has 0 saturated heterocycles. The van der Waals surface area contributed by atoms with Gasteiger partial charge in [0.1, 0.15) is 5.76 Å². The fraction of sp³-hybridized carbons (Fsp3) is 0.667. The highest BCUT2D eigenvalue weighted by Crippen LogP contribution is 2.21. The molecule has 3 nitrogen and oxygen atoms in total. The highest BCUT2D eigenvalue weighted by atomic mass is 16.3. The van der Waals surface area contributed by atoms with Crippen molar-refractivity contribution >= 4 is 0 Å². The second-order valence-corrected chi connectivity index (χ2v) is 5.72. The molecule has 1 atom stereocenters. The Bertz CT molecular complexity index is 362. The third-order valence-corrected chi connectivity index (χ3v) is 3.25. The standard InChI is InChI=1S/C15H24N2O/c1-13(7-8-14-6-4-11-18-14)17-12-15(2,3)9-5-10-16/h4,6,11,13,17H,5,7-9,12H2,1-3H3. The summed E-state index contributed by atoms with van der Waals surface area (Å²) in [4.78, 5) is 0. The van der Waals surface area contributed by atoms with Gasteiger partial charge in [0.25, 0.3) is 0 Å². The van der Waals surface area contributed by atoms with E-state index < -0.39 is 0 Å². The van der Waals surface area contributed by atoms with Crippen LogP contribution in [0.4, 0.5) is 0 Å². The summed E-state index contributed by atoms with van der Waals surface area (Å²) in [5.41, 5.74) is 0.189. The minimum atomic E-state index is 0.189. The maximum atomic E-state index is 8.62. The van der Waals surface area contributed by atoms with Gasteiger partial charge >= 0.3 is 0 Å². The number of rotatable bonds is 8. The van der Waals surface area contributed by atoms with Crippen LogP contribution in [0.5, 0.6) is 0 Å². The molecule has 0 amide bonds. The number of aryl methyl sites for hydroxylation is 1. The third-order valence-electron chi connectivity index (χ3n) is 3.25. The SMILES string of the molecule is CC(CCc1ccco1)NCC(C)(C)CCC#N. The molecule has 3 heteroatoms.